The fourth-order valence-electron chi connectivity index (χ4n) is 7.17. The van der Waals surface area contributed by atoms with E-state index in [9.17, 15) is 0 Å². The van der Waals surface area contributed by atoms with Crippen LogP contribution < -0.4 is 16.1 Å². The van der Waals surface area contributed by atoms with Crippen LogP contribution in [0.3, 0.4) is 0 Å². The zero-order valence-corrected chi connectivity index (χ0v) is 39.2. The Morgan fingerprint density at radius 2 is 1.62 bits per heavy atom. The zero-order valence-electron chi connectivity index (χ0n) is 39.2. The van der Waals surface area contributed by atoms with Crippen LogP contribution in [-0.4, -0.2) is 74.9 Å². The van der Waals surface area contributed by atoms with Gasteiger partial charge in [-0.2, -0.15) is 0 Å². The molecule has 3 rings (SSSR count). The number of aromatic nitrogens is 2. The van der Waals surface area contributed by atoms with Crippen LogP contribution in [0.25, 0.3) is 10.9 Å². The van der Waals surface area contributed by atoms with Crippen molar-refractivity contribution in [2.24, 2.45) is 10.8 Å². The number of likely N-dealkylation sites (N-methyl/N-ethyl adjacent to an activating group) is 3. The number of fused-ring (bicyclic) bond motifs is 1. The summed E-state index contributed by atoms with van der Waals surface area (Å²) in [6.07, 6.45) is 13.1. The van der Waals surface area contributed by atoms with Crippen molar-refractivity contribution in [1.82, 2.24) is 25.1 Å². The third kappa shape index (κ3) is 15.5. The Labute approximate surface area is 357 Å². The number of benzene rings is 2. The Morgan fingerprint density at radius 1 is 0.948 bits per heavy atom. The molecule has 7 heteroatoms. The number of nitrogens with zero attached hydrogens (tertiary/aromatic N) is 4. The lowest BCUT2D eigenvalue weighted by Crippen LogP contribution is -2.38. The molecule has 0 aliphatic rings. The average Bonchev–Trinajstić information content (AvgIpc) is 3.17. The molecular weight excluding hydrogens is 707 g/mol. The highest BCUT2D eigenvalue weighted by Crippen LogP contribution is 2.45. The van der Waals surface area contributed by atoms with Crippen molar-refractivity contribution in [3.8, 4) is 0 Å². The van der Waals surface area contributed by atoms with Crippen LogP contribution >= 0.6 is 0 Å². The number of allylic oxidation sites excluding steroid dienone is 4. The Morgan fingerprint density at radius 3 is 2.16 bits per heavy atom. The van der Waals surface area contributed by atoms with Gasteiger partial charge < -0.3 is 15.5 Å². The summed E-state index contributed by atoms with van der Waals surface area (Å²) in [5, 5.41) is 7.80. The molecule has 0 saturated heterocycles. The van der Waals surface area contributed by atoms with Crippen molar-refractivity contribution in [2.75, 3.05) is 46.6 Å². The second kappa shape index (κ2) is 25.3. The molecule has 0 aliphatic heterocycles. The molecule has 1 aromatic heterocycles. The quantitative estimate of drug-likeness (QED) is 0.0637. The number of hydrogen-bond donors (Lipinski definition) is 2. The van der Waals surface area contributed by atoms with Gasteiger partial charge in [0.05, 0.1) is 5.52 Å². The van der Waals surface area contributed by atoms with Gasteiger partial charge in [-0.3, -0.25) is 4.90 Å². The fourth-order valence-corrected chi connectivity index (χ4v) is 7.17. The summed E-state index contributed by atoms with van der Waals surface area (Å²) in [6.45, 7) is 40.3. The summed E-state index contributed by atoms with van der Waals surface area (Å²) in [4.78, 5) is 14.1. The summed E-state index contributed by atoms with van der Waals surface area (Å²) in [6, 6.07) is 12.8. The van der Waals surface area contributed by atoms with E-state index in [4.69, 9.17) is 17.8 Å². The lowest BCUT2D eigenvalue weighted by Gasteiger charge is -2.42. The summed E-state index contributed by atoms with van der Waals surface area (Å²) in [5.41, 5.74) is 10.9. The van der Waals surface area contributed by atoms with E-state index in [-0.39, 0.29) is 16.9 Å². The Bertz CT molecular complexity index is 1850. The van der Waals surface area contributed by atoms with Crippen molar-refractivity contribution < 1.29 is 0 Å². The van der Waals surface area contributed by atoms with Crippen LogP contribution in [0.15, 0.2) is 109 Å². The van der Waals surface area contributed by atoms with Gasteiger partial charge in [-0.05, 0) is 125 Å². The largest absolute Gasteiger partial charge is 0.391 e. The van der Waals surface area contributed by atoms with Gasteiger partial charge in [0.15, 0.2) is 0 Å². The maximum atomic E-state index is 5.94. The first kappa shape index (κ1) is 51.8. The number of aryl methyl sites for hydroxylation is 2. The van der Waals surface area contributed by atoms with E-state index in [1.54, 1.807) is 0 Å². The van der Waals surface area contributed by atoms with Gasteiger partial charge in [0.2, 0.25) is 0 Å². The minimum absolute atomic E-state index is 0.120. The van der Waals surface area contributed by atoms with Gasteiger partial charge in [-0.15, -0.1) is 13.2 Å². The molecule has 0 amide bonds. The van der Waals surface area contributed by atoms with Crippen molar-refractivity contribution in [1.29, 1.82) is 0 Å². The maximum absolute atomic E-state index is 5.94. The van der Waals surface area contributed by atoms with Crippen molar-refractivity contribution >= 4 is 30.0 Å². The van der Waals surface area contributed by atoms with E-state index in [0.717, 1.165) is 84.5 Å². The third-order valence-electron chi connectivity index (χ3n) is 11.3. The molecule has 316 valence electrons. The third-order valence-corrected chi connectivity index (χ3v) is 11.3. The monoisotopic (exact) mass is 787 g/mol. The Kier molecular flexibility index (Phi) is 22.6. The standard InChI is InChI=1S/C28H36BN3.C21H37N3.C2H6/c1-8-13-27(4,5)28(6,7)17-22-16-25-24(15-21(22)9-2)26(32-19(3)31-25)30-18-20-11-10-12-23(29)14-20;1-10-13-14-21(18(5)22-6)24(9)16-20(19(11-2)12-3)17(4)15-23(7)8;1-2/h8,10-12,14-16H,1,9,13,17-18H2,2-7H3,(H,30,31,32);10-12,21-22H,1-2,5,13-16H2,3-4,6-9H3;1-2H3/b;19-12-,20-17+;. The van der Waals surface area contributed by atoms with Crippen molar-refractivity contribution in [3.63, 3.8) is 0 Å². The molecule has 2 radical (unpaired) electrons. The van der Waals surface area contributed by atoms with E-state index in [0.29, 0.717) is 6.54 Å². The molecule has 2 aromatic carbocycles. The SMILES string of the molecule is C=CCCC(C(=C)NC)N(C)CC(/C(C=C)=C\C)=C(/C)CN(C)C.CC.[B]c1cccc(CNc2nc(C)nc3cc(CC(C)(C)C(C)(C)CC=C)c(CC)cc23)c1. The molecule has 58 heavy (non-hydrogen) atoms. The normalized spacial score (nSPS) is 12.8. The molecule has 0 saturated carbocycles. The fraction of sp³-hybridized carbons (Fsp3) is 0.490. The highest BCUT2D eigenvalue weighted by Gasteiger charge is 2.36. The average molecular weight is 787 g/mol. The topological polar surface area (TPSA) is 56.3 Å². The van der Waals surface area contributed by atoms with Gasteiger partial charge in [0.1, 0.15) is 19.5 Å². The van der Waals surface area contributed by atoms with Gasteiger partial charge in [0, 0.05) is 43.8 Å². The lowest BCUT2D eigenvalue weighted by molar-refractivity contribution is 0.113. The summed E-state index contributed by atoms with van der Waals surface area (Å²) < 4.78 is 0. The maximum Gasteiger partial charge on any atom is 0.137 e. The molecule has 0 bridgehead atoms. The molecule has 3 aromatic rings. The lowest BCUT2D eigenvalue weighted by atomic mass is 9.63. The molecule has 0 aliphatic carbocycles. The van der Waals surface area contributed by atoms with E-state index in [1.165, 1.54) is 27.8 Å². The van der Waals surface area contributed by atoms with Crippen molar-refractivity contribution in [2.45, 2.75) is 114 Å². The molecule has 1 heterocycles. The van der Waals surface area contributed by atoms with Crippen LogP contribution in [0.4, 0.5) is 5.82 Å². The first-order valence-electron chi connectivity index (χ1n) is 21.2. The number of rotatable bonds is 21. The molecule has 2 N–H and O–H groups in total. The minimum Gasteiger partial charge on any atom is -0.391 e. The number of anilines is 1. The van der Waals surface area contributed by atoms with E-state index in [1.807, 2.05) is 64.2 Å². The second-order valence-corrected chi connectivity index (χ2v) is 16.7. The van der Waals surface area contributed by atoms with Gasteiger partial charge >= 0.3 is 0 Å². The van der Waals surface area contributed by atoms with Gasteiger partial charge in [0.25, 0.3) is 0 Å². The molecule has 0 spiro atoms. The predicted molar refractivity (Wildman–Crippen MR) is 259 cm³/mol. The summed E-state index contributed by atoms with van der Waals surface area (Å²) in [7, 11) is 14.2. The first-order valence-corrected chi connectivity index (χ1v) is 21.2. The minimum atomic E-state index is 0.120. The second-order valence-electron chi connectivity index (χ2n) is 16.7. The smallest absolute Gasteiger partial charge is 0.137 e. The summed E-state index contributed by atoms with van der Waals surface area (Å²) >= 11 is 0. The number of nitrogens with one attached hydrogen (secondary N) is 2. The number of hydrogen-bond acceptors (Lipinski definition) is 6. The first-order chi connectivity index (χ1) is 27.4. The Balaban J connectivity index is 0.000000581. The Hall–Kier alpha value is -4.20. The molecular formula is C51H79BN6. The van der Waals surface area contributed by atoms with Crippen LogP contribution in [0.2, 0.25) is 0 Å². The van der Waals surface area contributed by atoms with E-state index < -0.39 is 0 Å². The van der Waals surface area contributed by atoms with E-state index >= 15 is 0 Å². The predicted octanol–water partition coefficient (Wildman–Crippen LogP) is 11.1. The highest BCUT2D eigenvalue weighted by molar-refractivity contribution is 6.32. The van der Waals surface area contributed by atoms with Crippen LogP contribution in [0.1, 0.15) is 104 Å². The highest BCUT2D eigenvalue weighted by atomic mass is 15.2. The molecule has 6 nitrogen and oxygen atoms in total. The molecule has 1 unspecified atom stereocenters. The van der Waals surface area contributed by atoms with E-state index in [2.05, 4.69) is 141 Å². The van der Waals surface area contributed by atoms with Crippen LogP contribution in [-0.2, 0) is 19.4 Å². The van der Waals surface area contributed by atoms with Crippen LogP contribution in [0.5, 0.6) is 0 Å². The van der Waals surface area contributed by atoms with Gasteiger partial charge in [-0.25, -0.2) is 9.97 Å². The molecule has 0 fully saturated rings. The van der Waals surface area contributed by atoms with Crippen LogP contribution in [0, 0.1) is 17.8 Å². The molecule has 1 atom stereocenters. The zero-order chi connectivity index (χ0) is 44.2. The summed E-state index contributed by atoms with van der Waals surface area (Å²) in [5.74, 6) is 1.65. The van der Waals surface area contributed by atoms with Crippen molar-refractivity contribution in [3.05, 3.63) is 132 Å². The van der Waals surface area contributed by atoms with Gasteiger partial charge in [-0.1, -0.05) is 121 Å².